The number of nitrogens with two attached hydrogens (primary N) is 1. The minimum absolute atomic E-state index is 0.000689. The number of likely N-dealkylation sites (N-methyl/N-ethyl adjacent to an activating group) is 1. The van der Waals surface area contributed by atoms with E-state index >= 15 is 0 Å². The fraction of sp³-hybridized carbons (Fsp3) is 0.381. The lowest BCUT2D eigenvalue weighted by Gasteiger charge is -2.31. The summed E-state index contributed by atoms with van der Waals surface area (Å²) in [6, 6.07) is 17.9. The van der Waals surface area contributed by atoms with E-state index < -0.39 is 0 Å². The third-order valence-electron chi connectivity index (χ3n) is 4.79. The number of carbonyl (C=O) groups excluding carboxylic acids is 1. The summed E-state index contributed by atoms with van der Waals surface area (Å²) < 4.78 is 5.65. The smallest absolute Gasteiger partial charge is 0.411 e. The zero-order valence-electron chi connectivity index (χ0n) is 15.4. The molecule has 5 heteroatoms. The van der Waals surface area contributed by atoms with E-state index in [4.69, 9.17) is 4.74 Å². The molecule has 0 aromatic heterocycles. The number of benzene rings is 2. The van der Waals surface area contributed by atoms with E-state index in [2.05, 4.69) is 22.6 Å². The molecule has 0 aliphatic carbocycles. The highest BCUT2D eigenvalue weighted by molar-refractivity contribution is 5.91. The number of anilines is 1. The number of para-hydroxylation sites is 1. The lowest BCUT2D eigenvalue weighted by atomic mass is 10.0. The van der Waals surface area contributed by atoms with Crippen molar-refractivity contribution in [2.24, 2.45) is 0 Å². The summed E-state index contributed by atoms with van der Waals surface area (Å²) in [5, 5.41) is 5.12. The standard InChI is InChI=1S/C21H27N3O2/c1-22-13-16-24-14-11-18(12-15-24)26-21(25)23-20-10-6-5-9-19(20)17-7-3-2-4-8-17/h2-10,18,22H,11-16H2,1H3,(H,23,25)/p+1. The van der Waals surface area contributed by atoms with E-state index in [0.717, 1.165) is 55.8 Å². The molecule has 0 saturated carbocycles. The third kappa shape index (κ3) is 5.07. The number of quaternary nitrogens is 1. The molecule has 3 rings (SSSR count). The molecule has 1 fully saturated rings. The molecule has 0 atom stereocenters. The van der Waals surface area contributed by atoms with Gasteiger partial charge in [0.15, 0.2) is 0 Å². The number of nitrogens with zero attached hydrogens (tertiary/aromatic N) is 1. The summed E-state index contributed by atoms with van der Waals surface area (Å²) >= 11 is 0. The van der Waals surface area contributed by atoms with E-state index in [-0.39, 0.29) is 12.2 Å². The molecule has 138 valence electrons. The average molecular weight is 354 g/mol. The molecular weight excluding hydrogens is 326 g/mol. The third-order valence-corrected chi connectivity index (χ3v) is 4.79. The lowest BCUT2D eigenvalue weighted by Crippen LogP contribution is -2.81. The fourth-order valence-corrected chi connectivity index (χ4v) is 3.31. The van der Waals surface area contributed by atoms with E-state index in [9.17, 15) is 4.79 Å². The van der Waals surface area contributed by atoms with Gasteiger partial charge in [0.25, 0.3) is 0 Å². The van der Waals surface area contributed by atoms with Gasteiger partial charge < -0.3 is 10.1 Å². The van der Waals surface area contributed by atoms with Crippen LogP contribution < -0.4 is 10.6 Å². The highest BCUT2D eigenvalue weighted by Crippen LogP contribution is 2.27. The van der Waals surface area contributed by atoms with Gasteiger partial charge in [-0.25, -0.2) is 4.79 Å². The Morgan fingerprint density at radius 2 is 1.81 bits per heavy atom. The second kappa shape index (κ2) is 9.36. The molecule has 0 bridgehead atoms. The number of likely N-dealkylation sites (tertiary alicyclic amines) is 1. The number of ether oxygens (including phenoxy) is 1. The van der Waals surface area contributed by atoms with E-state index in [1.165, 1.54) is 0 Å². The minimum atomic E-state index is -0.367. The summed E-state index contributed by atoms with van der Waals surface area (Å²) in [7, 11) is 2.09. The van der Waals surface area contributed by atoms with Crippen LogP contribution in [0.4, 0.5) is 10.5 Å². The van der Waals surface area contributed by atoms with Crippen LogP contribution in [0, 0.1) is 0 Å². The topological polar surface area (TPSA) is 58.2 Å². The Morgan fingerprint density at radius 3 is 2.54 bits per heavy atom. The molecule has 0 unspecified atom stereocenters. The number of hydrogen-bond donors (Lipinski definition) is 2. The highest BCUT2D eigenvalue weighted by Gasteiger charge is 2.22. The number of amides is 1. The quantitative estimate of drug-likeness (QED) is 0.838. The summed E-state index contributed by atoms with van der Waals surface area (Å²) in [5.74, 6) is 0. The molecule has 1 saturated heterocycles. The van der Waals surface area contributed by atoms with Crippen LogP contribution >= 0.6 is 0 Å². The van der Waals surface area contributed by atoms with Gasteiger partial charge in [-0.3, -0.25) is 10.2 Å². The van der Waals surface area contributed by atoms with Crippen LogP contribution in [-0.2, 0) is 4.74 Å². The van der Waals surface area contributed by atoms with Gasteiger partial charge in [0.05, 0.1) is 19.3 Å². The van der Waals surface area contributed by atoms with Gasteiger partial charge in [0.1, 0.15) is 6.10 Å². The molecule has 1 aliphatic heterocycles. The first-order valence-corrected chi connectivity index (χ1v) is 9.38. The van der Waals surface area contributed by atoms with Crippen LogP contribution in [0.5, 0.6) is 0 Å². The van der Waals surface area contributed by atoms with Gasteiger partial charge in [-0.05, 0) is 24.5 Å². The Balaban J connectivity index is 1.55. The number of hydrogen-bond acceptors (Lipinski definition) is 3. The van der Waals surface area contributed by atoms with Gasteiger partial charge in [-0.1, -0.05) is 48.5 Å². The highest BCUT2D eigenvalue weighted by atomic mass is 16.6. The van der Waals surface area contributed by atoms with Crippen molar-refractivity contribution in [1.82, 2.24) is 4.90 Å². The molecule has 1 aliphatic rings. The SMILES string of the molecule is C[NH2+]CCN1CCC(OC(=O)Nc2ccccc2-c2ccccc2)CC1. The molecule has 3 N–H and O–H groups in total. The molecule has 2 aromatic carbocycles. The van der Waals surface area contributed by atoms with Crippen molar-refractivity contribution in [3.05, 3.63) is 54.6 Å². The maximum atomic E-state index is 12.4. The first kappa shape index (κ1) is 18.4. The summed E-state index contributed by atoms with van der Waals surface area (Å²) in [6.07, 6.45) is 1.43. The van der Waals surface area contributed by atoms with Gasteiger partial charge in [-0.2, -0.15) is 0 Å². The second-order valence-corrected chi connectivity index (χ2v) is 6.68. The molecule has 2 aromatic rings. The van der Waals surface area contributed by atoms with Gasteiger partial charge in [0.2, 0.25) is 0 Å². The van der Waals surface area contributed by atoms with Crippen LogP contribution in [0.15, 0.2) is 54.6 Å². The molecule has 0 spiro atoms. The first-order chi connectivity index (χ1) is 12.8. The Labute approximate surface area is 155 Å². The zero-order chi connectivity index (χ0) is 18.2. The van der Waals surface area contributed by atoms with E-state index in [0.29, 0.717) is 0 Å². The van der Waals surface area contributed by atoms with Crippen molar-refractivity contribution >= 4 is 11.8 Å². The van der Waals surface area contributed by atoms with Crippen LogP contribution in [0.3, 0.4) is 0 Å². The first-order valence-electron chi connectivity index (χ1n) is 9.38. The maximum Gasteiger partial charge on any atom is 0.411 e. The molecule has 1 amide bonds. The van der Waals surface area contributed by atoms with Crippen molar-refractivity contribution in [1.29, 1.82) is 0 Å². The van der Waals surface area contributed by atoms with Gasteiger partial charge >= 0.3 is 6.09 Å². The molecule has 0 radical (unpaired) electrons. The lowest BCUT2D eigenvalue weighted by molar-refractivity contribution is -0.626. The van der Waals surface area contributed by atoms with E-state index in [1.54, 1.807) is 0 Å². The zero-order valence-corrected chi connectivity index (χ0v) is 15.4. The fourth-order valence-electron chi connectivity index (χ4n) is 3.31. The Hall–Kier alpha value is -2.37. The number of nitrogens with one attached hydrogen (secondary N) is 1. The summed E-state index contributed by atoms with van der Waals surface area (Å²) in [6.45, 7) is 4.20. The molecule has 1 heterocycles. The minimum Gasteiger partial charge on any atom is -0.446 e. The number of carbonyl (C=O) groups is 1. The molecular formula is C21H28N3O2+. The van der Waals surface area contributed by atoms with Gasteiger partial charge in [0, 0.05) is 25.2 Å². The van der Waals surface area contributed by atoms with Crippen LogP contribution in [-0.4, -0.2) is 50.3 Å². The monoisotopic (exact) mass is 354 g/mol. The molecule has 26 heavy (non-hydrogen) atoms. The largest absolute Gasteiger partial charge is 0.446 e. The van der Waals surface area contributed by atoms with Gasteiger partial charge in [-0.15, -0.1) is 0 Å². The normalized spacial score (nSPS) is 15.6. The van der Waals surface area contributed by atoms with Crippen molar-refractivity contribution in [2.75, 3.05) is 38.5 Å². The second-order valence-electron chi connectivity index (χ2n) is 6.68. The molecule has 5 nitrogen and oxygen atoms in total. The Bertz CT molecular complexity index is 697. The maximum absolute atomic E-state index is 12.4. The summed E-state index contributed by atoms with van der Waals surface area (Å²) in [4.78, 5) is 14.8. The summed E-state index contributed by atoms with van der Waals surface area (Å²) in [5.41, 5.74) is 2.85. The van der Waals surface area contributed by atoms with Crippen molar-refractivity contribution in [3.8, 4) is 11.1 Å². The predicted octanol–water partition coefficient (Wildman–Crippen LogP) is 2.56. The Morgan fingerprint density at radius 1 is 1.12 bits per heavy atom. The predicted molar refractivity (Wildman–Crippen MR) is 104 cm³/mol. The van der Waals surface area contributed by atoms with E-state index in [1.807, 2.05) is 54.6 Å². The Kier molecular flexibility index (Phi) is 6.63. The van der Waals surface area contributed by atoms with Crippen LogP contribution in [0.2, 0.25) is 0 Å². The van der Waals surface area contributed by atoms with Crippen LogP contribution in [0.1, 0.15) is 12.8 Å². The van der Waals surface area contributed by atoms with Crippen molar-refractivity contribution < 1.29 is 14.8 Å². The van der Waals surface area contributed by atoms with Crippen LogP contribution in [0.25, 0.3) is 11.1 Å². The average Bonchev–Trinajstić information content (AvgIpc) is 2.68. The van der Waals surface area contributed by atoms with Crippen molar-refractivity contribution in [3.63, 3.8) is 0 Å². The number of piperidine rings is 1. The number of rotatable bonds is 6. The van der Waals surface area contributed by atoms with Crippen molar-refractivity contribution in [2.45, 2.75) is 18.9 Å².